The molecule has 0 saturated heterocycles. The number of carbonyl (C=O) groups excluding carboxylic acids is 1. The van der Waals surface area contributed by atoms with Crippen LogP contribution in [0.3, 0.4) is 0 Å². The van der Waals surface area contributed by atoms with E-state index < -0.39 is 5.60 Å². The van der Waals surface area contributed by atoms with Crippen LogP contribution in [0.25, 0.3) is 22.0 Å². The maximum atomic E-state index is 12.3. The summed E-state index contributed by atoms with van der Waals surface area (Å²) < 4.78 is 20.1. The van der Waals surface area contributed by atoms with Crippen LogP contribution in [0.5, 0.6) is 5.75 Å². The van der Waals surface area contributed by atoms with Crippen molar-refractivity contribution in [3.05, 3.63) is 113 Å². The monoisotopic (exact) mass is 654 g/mol. The van der Waals surface area contributed by atoms with E-state index in [1.54, 1.807) is 0 Å². The molecule has 0 amide bonds. The van der Waals surface area contributed by atoms with Gasteiger partial charge in [0.25, 0.3) is 0 Å². The Morgan fingerprint density at radius 2 is 1.78 bits per heavy atom. The van der Waals surface area contributed by atoms with Gasteiger partial charge in [-0.2, -0.15) is 0 Å². The fourth-order valence-electron chi connectivity index (χ4n) is 5.86. The lowest BCUT2D eigenvalue weighted by atomic mass is 10.0. The van der Waals surface area contributed by atoms with E-state index in [1.807, 2.05) is 75.1 Å². The van der Waals surface area contributed by atoms with Crippen molar-refractivity contribution in [1.82, 2.24) is 9.55 Å². The largest absolute Gasteiger partial charge is 0.487 e. The summed E-state index contributed by atoms with van der Waals surface area (Å²) in [4.78, 5) is 18.2. The highest BCUT2D eigenvalue weighted by Gasteiger charge is 2.29. The van der Waals surface area contributed by atoms with Crippen molar-refractivity contribution >= 4 is 40.2 Å². The van der Waals surface area contributed by atoms with Crippen molar-refractivity contribution in [3.63, 3.8) is 0 Å². The average Bonchev–Trinajstić information content (AvgIpc) is 3.32. The number of halogens is 1. The molecule has 46 heavy (non-hydrogen) atoms. The van der Waals surface area contributed by atoms with Gasteiger partial charge in [-0.25, -0.2) is 4.79 Å². The Balaban J connectivity index is 1.28. The third-order valence-corrected chi connectivity index (χ3v) is 9.35. The van der Waals surface area contributed by atoms with Crippen LogP contribution in [-0.4, -0.2) is 39.6 Å². The standard InChI is InChI=1S/C38H39ClN2O4S/c1-25-20-31-34(44-23-30-15-12-28(21-40-30)27-8-6-5-7-9-27)17-16-32-36(31)37(46-25)33(18-19-43-24-35(42)45-38(2,3)4)41(32)22-26-10-13-29(39)14-11-26/h5-17,21,25H,18-20,22-24H2,1-4H3. The summed E-state index contributed by atoms with van der Waals surface area (Å²) in [5, 5.41) is 2.33. The van der Waals surface area contributed by atoms with Gasteiger partial charge in [-0.1, -0.05) is 67.1 Å². The van der Waals surface area contributed by atoms with Gasteiger partial charge in [0.2, 0.25) is 0 Å². The van der Waals surface area contributed by atoms with Crippen molar-refractivity contribution in [2.75, 3.05) is 13.2 Å². The summed E-state index contributed by atoms with van der Waals surface area (Å²) in [6, 6.07) is 26.7. The van der Waals surface area contributed by atoms with Crippen molar-refractivity contribution in [1.29, 1.82) is 0 Å². The molecule has 0 radical (unpaired) electrons. The molecule has 1 unspecified atom stereocenters. The highest BCUT2D eigenvalue weighted by Crippen LogP contribution is 2.47. The molecule has 1 aliphatic heterocycles. The molecule has 0 aliphatic carbocycles. The number of esters is 1. The van der Waals surface area contributed by atoms with Gasteiger partial charge in [-0.05, 0) is 68.7 Å². The molecule has 6 rings (SSSR count). The number of rotatable bonds is 11. The second-order valence-corrected chi connectivity index (χ2v) is 14.5. The van der Waals surface area contributed by atoms with Gasteiger partial charge < -0.3 is 18.8 Å². The number of pyridine rings is 1. The molecule has 238 valence electrons. The number of hydrogen-bond acceptors (Lipinski definition) is 6. The summed E-state index contributed by atoms with van der Waals surface area (Å²) in [6.07, 6.45) is 3.48. The van der Waals surface area contributed by atoms with E-state index in [9.17, 15) is 4.79 Å². The SMILES string of the molecule is CC1Cc2c(OCc3ccc(-c4ccccc4)cn3)ccc3c2c(c(CCOCC(=O)OC(C)(C)C)n3Cc2ccc(Cl)cc2)S1. The molecule has 0 fully saturated rings. The molecule has 0 bridgehead atoms. The maximum absolute atomic E-state index is 12.3. The Hall–Kier alpha value is -3.78. The van der Waals surface area contributed by atoms with Crippen LogP contribution in [0.4, 0.5) is 0 Å². The van der Waals surface area contributed by atoms with Crippen molar-refractivity contribution in [2.24, 2.45) is 0 Å². The lowest BCUT2D eigenvalue weighted by Gasteiger charge is -2.22. The molecule has 8 heteroatoms. The summed E-state index contributed by atoms with van der Waals surface area (Å²) in [5.74, 6) is 0.540. The highest BCUT2D eigenvalue weighted by atomic mass is 35.5. The second kappa shape index (κ2) is 13.9. The van der Waals surface area contributed by atoms with Crippen molar-refractivity contribution in [2.45, 2.75) is 69.4 Å². The number of nitrogens with zero attached hydrogens (tertiary/aromatic N) is 2. The minimum Gasteiger partial charge on any atom is -0.487 e. The third kappa shape index (κ3) is 7.60. The molecule has 0 spiro atoms. The van der Waals surface area contributed by atoms with Gasteiger partial charge in [0.05, 0.1) is 17.8 Å². The molecule has 0 saturated carbocycles. The van der Waals surface area contributed by atoms with E-state index in [-0.39, 0.29) is 12.6 Å². The fraction of sp³-hybridized carbons (Fsp3) is 0.316. The van der Waals surface area contributed by atoms with Crippen molar-refractivity contribution in [3.8, 4) is 16.9 Å². The van der Waals surface area contributed by atoms with E-state index in [0.29, 0.717) is 36.5 Å². The Morgan fingerprint density at radius 1 is 1.00 bits per heavy atom. The number of benzene rings is 3. The molecule has 5 aromatic rings. The zero-order valence-electron chi connectivity index (χ0n) is 26.7. The Bertz CT molecular complexity index is 1810. The first-order chi connectivity index (χ1) is 22.1. The van der Waals surface area contributed by atoms with E-state index in [0.717, 1.165) is 34.6 Å². The molecular formula is C38H39ClN2O4S. The quantitative estimate of drug-likeness (QED) is 0.105. The van der Waals surface area contributed by atoms with Gasteiger partial charge in [0, 0.05) is 56.5 Å². The number of ether oxygens (including phenoxy) is 3. The van der Waals surface area contributed by atoms with Crippen LogP contribution in [0.2, 0.25) is 5.02 Å². The van der Waals surface area contributed by atoms with Crippen LogP contribution in [0.1, 0.15) is 50.2 Å². The molecule has 0 N–H and O–H groups in total. The van der Waals surface area contributed by atoms with Gasteiger partial charge in [0.15, 0.2) is 0 Å². The molecule has 2 aromatic heterocycles. The zero-order chi connectivity index (χ0) is 32.3. The Morgan fingerprint density at radius 3 is 2.50 bits per heavy atom. The van der Waals surface area contributed by atoms with Gasteiger partial charge in [-0.3, -0.25) is 4.98 Å². The van der Waals surface area contributed by atoms with Crippen LogP contribution in [0, 0.1) is 0 Å². The minimum atomic E-state index is -0.541. The maximum Gasteiger partial charge on any atom is 0.332 e. The zero-order valence-corrected chi connectivity index (χ0v) is 28.3. The lowest BCUT2D eigenvalue weighted by Crippen LogP contribution is -2.26. The van der Waals surface area contributed by atoms with E-state index in [4.69, 9.17) is 25.8 Å². The fourth-order valence-corrected chi connectivity index (χ4v) is 7.33. The normalized spacial score (nSPS) is 14.4. The summed E-state index contributed by atoms with van der Waals surface area (Å²) in [5.41, 5.74) is 7.32. The van der Waals surface area contributed by atoms with Gasteiger partial charge in [0.1, 0.15) is 24.6 Å². The molecule has 1 aliphatic rings. The molecular weight excluding hydrogens is 616 g/mol. The number of thioether (sulfide) groups is 1. The highest BCUT2D eigenvalue weighted by molar-refractivity contribution is 8.00. The second-order valence-electron chi connectivity index (χ2n) is 12.6. The van der Waals surface area contributed by atoms with Crippen LogP contribution in [-0.2, 0) is 40.3 Å². The Labute approximate surface area is 280 Å². The first kappa shape index (κ1) is 32.2. The molecule has 1 atom stereocenters. The van der Waals surface area contributed by atoms with Crippen LogP contribution < -0.4 is 4.74 Å². The third-order valence-electron chi connectivity index (χ3n) is 7.85. The number of hydrogen-bond donors (Lipinski definition) is 0. The Kier molecular flexibility index (Phi) is 9.73. The average molecular weight is 655 g/mol. The lowest BCUT2D eigenvalue weighted by molar-refractivity contribution is -0.160. The van der Waals surface area contributed by atoms with E-state index >= 15 is 0 Å². The summed E-state index contributed by atoms with van der Waals surface area (Å²) >= 11 is 8.11. The summed E-state index contributed by atoms with van der Waals surface area (Å²) in [7, 11) is 0. The van der Waals surface area contributed by atoms with Crippen molar-refractivity contribution < 1.29 is 19.0 Å². The summed E-state index contributed by atoms with van der Waals surface area (Å²) in [6.45, 7) is 9.26. The van der Waals surface area contributed by atoms with Gasteiger partial charge >= 0.3 is 5.97 Å². The molecule has 6 nitrogen and oxygen atoms in total. The first-order valence-corrected chi connectivity index (χ1v) is 16.9. The number of aromatic nitrogens is 2. The van der Waals surface area contributed by atoms with Gasteiger partial charge in [-0.15, -0.1) is 11.8 Å². The topological polar surface area (TPSA) is 62.6 Å². The minimum absolute atomic E-state index is 0.0723. The van der Waals surface area contributed by atoms with E-state index in [2.05, 4.69) is 58.9 Å². The first-order valence-electron chi connectivity index (χ1n) is 15.7. The smallest absolute Gasteiger partial charge is 0.332 e. The predicted octanol–water partition coefficient (Wildman–Crippen LogP) is 8.92. The molecule has 3 aromatic carbocycles. The predicted molar refractivity (Wildman–Crippen MR) is 186 cm³/mol. The number of carbonyl (C=O) groups is 1. The van der Waals surface area contributed by atoms with Crippen LogP contribution >= 0.6 is 23.4 Å². The van der Waals surface area contributed by atoms with Crippen LogP contribution in [0.15, 0.2) is 90.0 Å². The molecule has 3 heterocycles. The van der Waals surface area contributed by atoms with E-state index in [1.165, 1.54) is 27.1 Å².